The Morgan fingerprint density at radius 3 is 2.58 bits per heavy atom. The average molecular weight is 264 g/mol. The van der Waals surface area contributed by atoms with Crippen LogP contribution in [0.5, 0.6) is 0 Å². The molecule has 1 aromatic rings. The largest absolute Gasteiger partial charge is 0.397 e. The second-order valence-corrected chi connectivity index (χ2v) is 4.28. The van der Waals surface area contributed by atoms with Crippen LogP contribution in [0.25, 0.3) is 0 Å². The fourth-order valence-corrected chi connectivity index (χ4v) is 1.68. The highest BCUT2D eigenvalue weighted by atomic mass is 16.2. The van der Waals surface area contributed by atoms with Crippen molar-refractivity contribution in [1.29, 1.82) is 0 Å². The highest BCUT2D eigenvalue weighted by Crippen LogP contribution is 2.17. The molecule has 19 heavy (non-hydrogen) atoms. The summed E-state index contributed by atoms with van der Waals surface area (Å²) in [6.07, 6.45) is 2.29. The summed E-state index contributed by atoms with van der Waals surface area (Å²) in [5, 5.41) is 5.13. The summed E-state index contributed by atoms with van der Waals surface area (Å²) in [5.74, 6) is -0.315. The first-order chi connectivity index (χ1) is 9.04. The lowest BCUT2D eigenvalue weighted by molar-refractivity contribution is -0.118. The van der Waals surface area contributed by atoms with Gasteiger partial charge in [-0.05, 0) is 18.6 Å². The number of nitrogens with one attached hydrogen (secondary N) is 2. The fraction of sp³-hybridized carbons (Fsp3) is 0.385. The Bertz CT molecular complexity index is 448. The maximum atomic E-state index is 12.1. The average Bonchev–Trinajstić information content (AvgIpc) is 2.36. The monoisotopic (exact) mass is 264 g/mol. The third kappa shape index (κ3) is 4.87. The molecule has 0 aliphatic carbocycles. The summed E-state index contributed by atoms with van der Waals surface area (Å²) in [7, 11) is 0. The smallest absolute Gasteiger partial charge is 0.312 e. The van der Waals surface area contributed by atoms with Crippen LogP contribution in [0.1, 0.15) is 26.2 Å². The number of benzene rings is 1. The van der Waals surface area contributed by atoms with Crippen molar-refractivity contribution in [2.75, 3.05) is 11.1 Å². The predicted molar refractivity (Wildman–Crippen MR) is 75.5 cm³/mol. The number of carbonyl (C=O) groups excluding carboxylic acids is 2. The van der Waals surface area contributed by atoms with Crippen molar-refractivity contribution in [3.63, 3.8) is 0 Å². The van der Waals surface area contributed by atoms with E-state index in [4.69, 9.17) is 11.5 Å². The molecule has 0 aromatic heterocycles. The number of urea groups is 1. The first kappa shape index (κ1) is 14.8. The van der Waals surface area contributed by atoms with Crippen LogP contribution in [-0.4, -0.2) is 18.0 Å². The molecule has 1 rings (SSSR count). The molecule has 6 nitrogen and oxygen atoms in total. The lowest BCUT2D eigenvalue weighted by Gasteiger charge is -2.17. The van der Waals surface area contributed by atoms with Crippen molar-refractivity contribution >= 4 is 23.3 Å². The second kappa shape index (κ2) is 7.25. The zero-order valence-electron chi connectivity index (χ0n) is 11.0. The van der Waals surface area contributed by atoms with Crippen LogP contribution in [0.2, 0.25) is 0 Å². The zero-order valence-corrected chi connectivity index (χ0v) is 11.0. The molecule has 0 fully saturated rings. The van der Waals surface area contributed by atoms with Crippen LogP contribution in [-0.2, 0) is 4.79 Å². The van der Waals surface area contributed by atoms with Gasteiger partial charge in [0.15, 0.2) is 0 Å². The Labute approximate surface area is 112 Å². The van der Waals surface area contributed by atoms with Crippen LogP contribution in [0.15, 0.2) is 24.3 Å². The maximum absolute atomic E-state index is 12.1. The van der Waals surface area contributed by atoms with Crippen molar-refractivity contribution in [3.8, 4) is 0 Å². The zero-order chi connectivity index (χ0) is 14.3. The Balaban J connectivity index is 2.70. The van der Waals surface area contributed by atoms with E-state index in [1.54, 1.807) is 24.3 Å². The highest BCUT2D eigenvalue weighted by Gasteiger charge is 2.19. The molecule has 0 aliphatic heterocycles. The molecule has 3 amide bonds. The van der Waals surface area contributed by atoms with Gasteiger partial charge in [-0.1, -0.05) is 31.9 Å². The number of nitrogens with two attached hydrogens (primary N) is 2. The minimum absolute atomic E-state index is 0.315. The molecule has 0 heterocycles. The summed E-state index contributed by atoms with van der Waals surface area (Å²) in [6, 6.07) is 5.59. The second-order valence-electron chi connectivity index (χ2n) is 4.28. The number of para-hydroxylation sites is 2. The van der Waals surface area contributed by atoms with Gasteiger partial charge in [0.1, 0.15) is 6.04 Å². The Kier molecular flexibility index (Phi) is 5.66. The molecule has 0 radical (unpaired) electrons. The van der Waals surface area contributed by atoms with Crippen molar-refractivity contribution < 1.29 is 9.59 Å². The lowest BCUT2D eigenvalue weighted by Crippen LogP contribution is -2.46. The van der Waals surface area contributed by atoms with Crippen LogP contribution in [0.3, 0.4) is 0 Å². The van der Waals surface area contributed by atoms with E-state index in [9.17, 15) is 9.59 Å². The van der Waals surface area contributed by atoms with Crippen molar-refractivity contribution in [3.05, 3.63) is 24.3 Å². The molecule has 0 aliphatic rings. The molecule has 0 bridgehead atoms. The molecule has 1 atom stereocenters. The summed E-state index contributed by atoms with van der Waals surface area (Å²) in [5.41, 5.74) is 11.8. The van der Waals surface area contributed by atoms with Gasteiger partial charge in [-0.3, -0.25) is 4.79 Å². The molecule has 104 valence electrons. The van der Waals surface area contributed by atoms with Gasteiger partial charge in [0, 0.05) is 0 Å². The summed E-state index contributed by atoms with van der Waals surface area (Å²) in [6.45, 7) is 2.01. The Morgan fingerprint density at radius 1 is 1.32 bits per heavy atom. The van der Waals surface area contributed by atoms with E-state index in [2.05, 4.69) is 10.6 Å². The number of anilines is 2. The fourth-order valence-electron chi connectivity index (χ4n) is 1.68. The number of hydrogen-bond acceptors (Lipinski definition) is 3. The van der Waals surface area contributed by atoms with Gasteiger partial charge in [0.05, 0.1) is 11.4 Å². The molecule has 6 N–H and O–H groups in total. The normalized spacial score (nSPS) is 11.6. The van der Waals surface area contributed by atoms with Gasteiger partial charge in [0.2, 0.25) is 5.91 Å². The molecule has 0 spiro atoms. The van der Waals surface area contributed by atoms with Crippen molar-refractivity contribution in [2.45, 2.75) is 32.2 Å². The first-order valence-electron chi connectivity index (χ1n) is 6.26. The minimum atomic E-state index is -0.711. The van der Waals surface area contributed by atoms with E-state index in [1.807, 2.05) is 6.92 Å². The van der Waals surface area contributed by atoms with Gasteiger partial charge in [0.25, 0.3) is 0 Å². The summed E-state index contributed by atoms with van der Waals surface area (Å²) in [4.78, 5) is 23.0. The number of rotatable bonds is 6. The summed E-state index contributed by atoms with van der Waals surface area (Å²) >= 11 is 0. The number of nitrogen functional groups attached to an aromatic ring is 1. The van der Waals surface area contributed by atoms with Crippen LogP contribution in [0, 0.1) is 0 Å². The third-order valence-corrected chi connectivity index (χ3v) is 2.70. The minimum Gasteiger partial charge on any atom is -0.397 e. The van der Waals surface area contributed by atoms with E-state index < -0.39 is 12.1 Å². The van der Waals surface area contributed by atoms with Gasteiger partial charge < -0.3 is 22.1 Å². The summed E-state index contributed by atoms with van der Waals surface area (Å²) < 4.78 is 0. The van der Waals surface area contributed by atoms with E-state index in [0.29, 0.717) is 17.8 Å². The Hall–Kier alpha value is -2.24. The topological polar surface area (TPSA) is 110 Å². The highest BCUT2D eigenvalue weighted by molar-refractivity contribution is 5.98. The predicted octanol–water partition coefficient (Wildman–Crippen LogP) is 1.43. The SMILES string of the molecule is CCCCC(NC(N)=O)C(=O)Nc1ccccc1N. The number of amides is 3. The molecular weight excluding hydrogens is 244 g/mol. The number of hydrogen-bond donors (Lipinski definition) is 4. The first-order valence-corrected chi connectivity index (χ1v) is 6.26. The molecule has 0 saturated heterocycles. The number of unbranched alkanes of at least 4 members (excludes halogenated alkanes) is 1. The molecule has 1 unspecified atom stereocenters. The molecule has 6 heteroatoms. The molecular formula is C13H20N4O2. The number of carbonyl (C=O) groups is 2. The lowest BCUT2D eigenvalue weighted by atomic mass is 10.1. The van der Waals surface area contributed by atoms with Gasteiger partial charge in [-0.15, -0.1) is 0 Å². The van der Waals surface area contributed by atoms with E-state index in [1.165, 1.54) is 0 Å². The van der Waals surface area contributed by atoms with Gasteiger partial charge in [-0.2, -0.15) is 0 Å². The molecule has 1 aromatic carbocycles. The van der Waals surface area contributed by atoms with Crippen molar-refractivity contribution in [2.24, 2.45) is 5.73 Å². The van der Waals surface area contributed by atoms with Crippen LogP contribution in [0.4, 0.5) is 16.2 Å². The standard InChI is InChI=1S/C13H20N4O2/c1-2-3-7-11(17-13(15)19)12(18)16-10-8-5-4-6-9(10)14/h4-6,8,11H,2-3,7,14H2,1H3,(H,16,18)(H3,15,17,19). The van der Waals surface area contributed by atoms with E-state index >= 15 is 0 Å². The van der Waals surface area contributed by atoms with Crippen LogP contribution >= 0.6 is 0 Å². The van der Waals surface area contributed by atoms with Crippen molar-refractivity contribution in [1.82, 2.24) is 5.32 Å². The van der Waals surface area contributed by atoms with Gasteiger partial charge in [-0.25, -0.2) is 4.79 Å². The number of primary amides is 1. The van der Waals surface area contributed by atoms with Gasteiger partial charge >= 0.3 is 6.03 Å². The Morgan fingerprint density at radius 2 is 2.00 bits per heavy atom. The third-order valence-electron chi connectivity index (χ3n) is 2.70. The van der Waals surface area contributed by atoms with E-state index in [-0.39, 0.29) is 5.91 Å². The van der Waals surface area contributed by atoms with Crippen LogP contribution < -0.4 is 22.1 Å². The quantitative estimate of drug-likeness (QED) is 0.583. The molecule has 0 saturated carbocycles. The van der Waals surface area contributed by atoms with E-state index in [0.717, 1.165) is 12.8 Å². The maximum Gasteiger partial charge on any atom is 0.312 e.